The second kappa shape index (κ2) is 5.04. The van der Waals surface area contributed by atoms with E-state index in [-0.39, 0.29) is 0 Å². The summed E-state index contributed by atoms with van der Waals surface area (Å²) >= 11 is 4.65. The molecule has 0 aromatic heterocycles. The molecular formula is C12H19NS. The molecule has 78 valence electrons. The summed E-state index contributed by atoms with van der Waals surface area (Å²) in [6.07, 6.45) is 10.1. The van der Waals surface area contributed by atoms with Gasteiger partial charge in [0.15, 0.2) is 0 Å². The smallest absolute Gasteiger partial charge is 0.0585 e. The molecule has 2 aliphatic carbocycles. The fourth-order valence-electron chi connectivity index (χ4n) is 3.45. The van der Waals surface area contributed by atoms with Gasteiger partial charge in [0.05, 0.1) is 11.7 Å². The summed E-state index contributed by atoms with van der Waals surface area (Å²) in [7, 11) is 0. The van der Waals surface area contributed by atoms with Crippen LogP contribution < -0.4 is 0 Å². The van der Waals surface area contributed by atoms with Crippen molar-refractivity contribution < 1.29 is 0 Å². The van der Waals surface area contributed by atoms with Crippen LogP contribution in [0.5, 0.6) is 0 Å². The molecule has 3 unspecified atom stereocenters. The maximum atomic E-state index is 4.65. The first-order valence-electron chi connectivity index (χ1n) is 5.95. The number of rotatable bonds is 2. The quantitative estimate of drug-likeness (QED) is 0.499. The highest BCUT2D eigenvalue weighted by Crippen LogP contribution is 2.43. The standard InChI is InChI=1S/C12H19NS/c14-9-13-8-11-6-3-5-10-4-1-2-7-12(10)11/h10-12H,1-8H2. The highest BCUT2D eigenvalue weighted by atomic mass is 32.1. The highest BCUT2D eigenvalue weighted by Gasteiger charge is 2.34. The van der Waals surface area contributed by atoms with Crippen molar-refractivity contribution in [2.45, 2.75) is 44.9 Å². The highest BCUT2D eigenvalue weighted by molar-refractivity contribution is 7.78. The van der Waals surface area contributed by atoms with Crippen LogP contribution in [0.3, 0.4) is 0 Å². The molecule has 0 saturated heterocycles. The SMILES string of the molecule is S=C=NCC1CCCC2CCCCC21. The number of isothiocyanates is 1. The van der Waals surface area contributed by atoms with Crippen molar-refractivity contribution in [1.82, 2.24) is 0 Å². The van der Waals surface area contributed by atoms with E-state index in [0.29, 0.717) is 0 Å². The average Bonchev–Trinajstić information content (AvgIpc) is 2.26. The van der Waals surface area contributed by atoms with Crippen molar-refractivity contribution in [2.24, 2.45) is 22.7 Å². The minimum absolute atomic E-state index is 0.824. The van der Waals surface area contributed by atoms with Crippen LogP contribution in [0.4, 0.5) is 0 Å². The van der Waals surface area contributed by atoms with Gasteiger partial charge in [-0.05, 0) is 42.8 Å². The minimum atomic E-state index is 0.824. The second-order valence-electron chi connectivity index (χ2n) is 4.83. The van der Waals surface area contributed by atoms with Gasteiger partial charge in [-0.15, -0.1) is 0 Å². The molecule has 0 radical (unpaired) electrons. The summed E-state index contributed by atoms with van der Waals surface area (Å²) in [6, 6.07) is 0. The van der Waals surface area contributed by atoms with Gasteiger partial charge >= 0.3 is 0 Å². The Balaban J connectivity index is 1.97. The number of thiocarbonyl (C=S) groups is 1. The largest absolute Gasteiger partial charge is 0.232 e. The molecule has 0 aromatic rings. The average molecular weight is 209 g/mol. The lowest BCUT2D eigenvalue weighted by atomic mass is 9.65. The summed E-state index contributed by atoms with van der Waals surface area (Å²) in [5, 5.41) is 2.52. The van der Waals surface area contributed by atoms with Crippen molar-refractivity contribution >= 4 is 17.4 Å². The number of hydrogen-bond donors (Lipinski definition) is 0. The van der Waals surface area contributed by atoms with E-state index < -0.39 is 0 Å². The van der Waals surface area contributed by atoms with Crippen molar-refractivity contribution in [3.05, 3.63) is 0 Å². The Morgan fingerprint density at radius 2 is 1.86 bits per heavy atom. The monoisotopic (exact) mass is 209 g/mol. The van der Waals surface area contributed by atoms with Gasteiger partial charge in [-0.3, -0.25) is 0 Å². The van der Waals surface area contributed by atoms with E-state index in [1.165, 1.54) is 44.9 Å². The van der Waals surface area contributed by atoms with Crippen LogP contribution in [-0.4, -0.2) is 11.7 Å². The Morgan fingerprint density at radius 3 is 2.71 bits per heavy atom. The lowest BCUT2D eigenvalue weighted by molar-refractivity contribution is 0.109. The molecule has 14 heavy (non-hydrogen) atoms. The topological polar surface area (TPSA) is 12.4 Å². The number of nitrogens with zero attached hydrogens (tertiary/aromatic N) is 1. The summed E-state index contributed by atoms with van der Waals surface area (Å²) in [5.41, 5.74) is 0. The molecule has 0 spiro atoms. The molecule has 2 aliphatic rings. The molecule has 1 nitrogen and oxygen atoms in total. The van der Waals surface area contributed by atoms with Crippen LogP contribution in [0.15, 0.2) is 4.99 Å². The van der Waals surface area contributed by atoms with E-state index in [0.717, 1.165) is 24.3 Å². The molecule has 2 heteroatoms. The van der Waals surface area contributed by atoms with E-state index in [2.05, 4.69) is 22.4 Å². The molecule has 0 bridgehead atoms. The molecule has 2 rings (SSSR count). The van der Waals surface area contributed by atoms with Crippen LogP contribution in [0.1, 0.15) is 44.9 Å². The van der Waals surface area contributed by atoms with Gasteiger partial charge in [0.2, 0.25) is 0 Å². The van der Waals surface area contributed by atoms with Gasteiger partial charge in [-0.25, -0.2) is 4.99 Å². The van der Waals surface area contributed by atoms with Crippen LogP contribution >= 0.6 is 12.2 Å². The van der Waals surface area contributed by atoms with Gasteiger partial charge in [0.25, 0.3) is 0 Å². The Hall–Kier alpha value is -0.200. The van der Waals surface area contributed by atoms with Gasteiger partial charge in [0, 0.05) is 0 Å². The van der Waals surface area contributed by atoms with Crippen LogP contribution in [0.2, 0.25) is 0 Å². The zero-order valence-electron chi connectivity index (χ0n) is 8.74. The number of fused-ring (bicyclic) bond motifs is 1. The summed E-state index contributed by atoms with van der Waals surface area (Å²) in [4.78, 5) is 4.15. The Kier molecular flexibility index (Phi) is 3.72. The molecule has 2 fully saturated rings. The van der Waals surface area contributed by atoms with E-state index in [1.54, 1.807) is 0 Å². The maximum absolute atomic E-state index is 4.65. The van der Waals surface area contributed by atoms with Gasteiger partial charge in [-0.1, -0.05) is 32.1 Å². The molecule has 0 amide bonds. The summed E-state index contributed by atoms with van der Waals surface area (Å²) in [5.74, 6) is 2.80. The fraction of sp³-hybridized carbons (Fsp3) is 0.917. The number of aliphatic imine (C=N–C) groups is 1. The van der Waals surface area contributed by atoms with Crippen molar-refractivity contribution in [1.29, 1.82) is 0 Å². The Morgan fingerprint density at radius 1 is 1.07 bits per heavy atom. The first-order valence-corrected chi connectivity index (χ1v) is 6.36. The minimum Gasteiger partial charge on any atom is -0.232 e. The Labute approximate surface area is 92.0 Å². The lowest BCUT2D eigenvalue weighted by Crippen LogP contribution is -2.32. The predicted molar refractivity (Wildman–Crippen MR) is 62.7 cm³/mol. The summed E-state index contributed by atoms with van der Waals surface area (Å²) < 4.78 is 0. The predicted octanol–water partition coefficient (Wildman–Crippen LogP) is 3.70. The third-order valence-electron chi connectivity index (χ3n) is 4.11. The Bertz CT molecular complexity index is 230. The second-order valence-corrected chi connectivity index (χ2v) is 5.01. The van der Waals surface area contributed by atoms with Gasteiger partial charge in [-0.2, -0.15) is 0 Å². The normalized spacial score (nSPS) is 37.0. The van der Waals surface area contributed by atoms with Crippen LogP contribution in [0, 0.1) is 17.8 Å². The molecule has 3 atom stereocenters. The van der Waals surface area contributed by atoms with Crippen molar-refractivity contribution in [3.8, 4) is 0 Å². The summed E-state index contributed by atoms with van der Waals surface area (Å²) in [6.45, 7) is 0.949. The van der Waals surface area contributed by atoms with E-state index >= 15 is 0 Å². The lowest BCUT2D eigenvalue weighted by Gasteiger charge is -2.40. The zero-order valence-corrected chi connectivity index (χ0v) is 9.56. The van der Waals surface area contributed by atoms with Crippen LogP contribution in [0.25, 0.3) is 0 Å². The zero-order chi connectivity index (χ0) is 9.80. The third-order valence-corrected chi connectivity index (χ3v) is 4.24. The van der Waals surface area contributed by atoms with Crippen molar-refractivity contribution in [2.75, 3.05) is 6.54 Å². The molecule has 0 aromatic carbocycles. The first-order chi connectivity index (χ1) is 6.92. The van der Waals surface area contributed by atoms with E-state index in [1.807, 2.05) is 0 Å². The fourth-order valence-corrected chi connectivity index (χ4v) is 3.53. The van der Waals surface area contributed by atoms with Gasteiger partial charge in [0.1, 0.15) is 0 Å². The molecule has 0 heterocycles. The molecule has 0 N–H and O–H groups in total. The third kappa shape index (κ3) is 2.24. The van der Waals surface area contributed by atoms with E-state index in [4.69, 9.17) is 0 Å². The maximum Gasteiger partial charge on any atom is 0.0585 e. The van der Waals surface area contributed by atoms with Gasteiger partial charge < -0.3 is 0 Å². The van der Waals surface area contributed by atoms with Crippen LogP contribution in [-0.2, 0) is 0 Å². The van der Waals surface area contributed by atoms with E-state index in [9.17, 15) is 0 Å². The van der Waals surface area contributed by atoms with Crippen molar-refractivity contribution in [3.63, 3.8) is 0 Å². The molecule has 2 saturated carbocycles. The first kappa shape index (κ1) is 10.3. The molecular weight excluding hydrogens is 190 g/mol. The number of hydrogen-bond acceptors (Lipinski definition) is 2. The molecule has 0 aliphatic heterocycles.